The number of anilines is 1. The molecule has 2 aromatic carbocycles. The zero-order chi connectivity index (χ0) is 21.7. The lowest BCUT2D eigenvalue weighted by molar-refractivity contribution is -0.130. The number of esters is 1. The van der Waals surface area contributed by atoms with Gasteiger partial charge in [-0.2, -0.15) is 0 Å². The van der Waals surface area contributed by atoms with E-state index in [-0.39, 0.29) is 11.3 Å². The lowest BCUT2D eigenvalue weighted by Crippen LogP contribution is -2.40. The molecule has 1 atom stereocenters. The normalized spacial score (nSPS) is 11.5. The molecule has 0 aliphatic heterocycles. The largest absolute Gasteiger partial charge is 0.507 e. The molecule has 154 valence electrons. The fourth-order valence-electron chi connectivity index (χ4n) is 2.22. The van der Waals surface area contributed by atoms with Crippen molar-refractivity contribution in [3.05, 3.63) is 58.9 Å². The number of phenols is 1. The van der Waals surface area contributed by atoms with Crippen LogP contribution < -0.4 is 10.6 Å². The third-order valence-electron chi connectivity index (χ3n) is 3.76. The Morgan fingerprint density at radius 2 is 1.79 bits per heavy atom. The first-order chi connectivity index (χ1) is 13.6. The first-order valence-electron chi connectivity index (χ1n) is 8.31. The summed E-state index contributed by atoms with van der Waals surface area (Å²) in [5, 5.41) is 13.9. The lowest BCUT2D eigenvalue weighted by atomic mass is 10.1. The SMILES string of the molecule is Cc1ccc(C(=O)OC(C)C(=O)NCC(=O)Nc2ccc(F)c(F)c2F)c(O)c1. The predicted molar refractivity (Wildman–Crippen MR) is 95.7 cm³/mol. The van der Waals surface area contributed by atoms with Crippen LogP contribution in [0.5, 0.6) is 5.75 Å². The molecule has 7 nitrogen and oxygen atoms in total. The number of nitrogens with one attached hydrogen (secondary N) is 2. The topological polar surface area (TPSA) is 105 Å². The average Bonchev–Trinajstić information content (AvgIpc) is 2.66. The summed E-state index contributed by atoms with van der Waals surface area (Å²) in [6.07, 6.45) is -1.31. The number of hydrogen-bond donors (Lipinski definition) is 3. The second-order valence-electron chi connectivity index (χ2n) is 6.06. The van der Waals surface area contributed by atoms with Crippen molar-refractivity contribution in [1.82, 2.24) is 5.32 Å². The molecule has 0 fully saturated rings. The third kappa shape index (κ3) is 5.47. The number of rotatable bonds is 6. The van der Waals surface area contributed by atoms with E-state index in [2.05, 4.69) is 5.32 Å². The Balaban J connectivity index is 1.89. The van der Waals surface area contributed by atoms with Gasteiger partial charge >= 0.3 is 5.97 Å². The Hall–Kier alpha value is -3.56. The molecule has 0 saturated heterocycles. The predicted octanol–water partition coefficient (Wildman–Crippen LogP) is 2.42. The fourth-order valence-corrected chi connectivity index (χ4v) is 2.22. The van der Waals surface area contributed by atoms with E-state index < -0.39 is 53.6 Å². The fraction of sp³-hybridized carbons (Fsp3) is 0.211. The van der Waals surface area contributed by atoms with E-state index in [4.69, 9.17) is 4.74 Å². The van der Waals surface area contributed by atoms with E-state index in [9.17, 15) is 32.7 Å². The highest BCUT2D eigenvalue weighted by atomic mass is 19.2. The molecule has 0 spiro atoms. The molecule has 0 radical (unpaired) electrons. The van der Waals surface area contributed by atoms with Crippen LogP contribution in [-0.2, 0) is 14.3 Å². The van der Waals surface area contributed by atoms with Gasteiger partial charge in [-0.3, -0.25) is 9.59 Å². The Bertz CT molecular complexity index is 965. The van der Waals surface area contributed by atoms with Crippen molar-refractivity contribution in [3.8, 4) is 5.75 Å². The van der Waals surface area contributed by atoms with E-state index in [1.165, 1.54) is 19.1 Å². The van der Waals surface area contributed by atoms with E-state index in [1.54, 1.807) is 13.0 Å². The summed E-state index contributed by atoms with van der Waals surface area (Å²) >= 11 is 0. The van der Waals surface area contributed by atoms with Crippen LogP contribution in [0.25, 0.3) is 0 Å². The molecule has 0 saturated carbocycles. The van der Waals surface area contributed by atoms with Crippen LogP contribution in [-0.4, -0.2) is 35.5 Å². The second-order valence-corrected chi connectivity index (χ2v) is 6.06. The van der Waals surface area contributed by atoms with E-state index in [0.717, 1.165) is 6.07 Å². The van der Waals surface area contributed by atoms with E-state index in [1.807, 2.05) is 5.32 Å². The Morgan fingerprint density at radius 3 is 2.45 bits per heavy atom. The van der Waals surface area contributed by atoms with Crippen LogP contribution in [0.3, 0.4) is 0 Å². The summed E-state index contributed by atoms with van der Waals surface area (Å²) in [7, 11) is 0. The number of hydrogen-bond acceptors (Lipinski definition) is 5. The maximum absolute atomic E-state index is 13.5. The molecule has 2 aromatic rings. The molecule has 0 aromatic heterocycles. The van der Waals surface area contributed by atoms with Crippen LogP contribution in [0, 0.1) is 24.4 Å². The molecule has 3 N–H and O–H groups in total. The van der Waals surface area contributed by atoms with Crippen molar-refractivity contribution in [3.63, 3.8) is 0 Å². The molecular weight excluding hydrogens is 393 g/mol. The zero-order valence-electron chi connectivity index (χ0n) is 15.4. The number of aromatic hydroxyl groups is 1. The molecular formula is C19H17F3N2O5. The zero-order valence-corrected chi connectivity index (χ0v) is 15.4. The minimum Gasteiger partial charge on any atom is -0.507 e. The summed E-state index contributed by atoms with van der Waals surface area (Å²) in [5.41, 5.74) is -0.0207. The number of amides is 2. The number of phenolic OH excluding ortho intramolecular Hbond substituents is 1. The first kappa shape index (κ1) is 21.7. The quantitative estimate of drug-likeness (QED) is 0.501. The summed E-state index contributed by atoms with van der Waals surface area (Å²) in [4.78, 5) is 35.7. The van der Waals surface area contributed by atoms with Gasteiger partial charge < -0.3 is 20.5 Å². The van der Waals surface area contributed by atoms with Gasteiger partial charge in [0.1, 0.15) is 11.3 Å². The average molecular weight is 410 g/mol. The molecule has 1 unspecified atom stereocenters. The van der Waals surface area contributed by atoms with Gasteiger partial charge in [-0.25, -0.2) is 18.0 Å². The van der Waals surface area contributed by atoms with Crippen molar-refractivity contribution in [2.45, 2.75) is 20.0 Å². The Kier molecular flexibility index (Phi) is 6.81. The highest BCUT2D eigenvalue weighted by molar-refractivity contribution is 5.97. The van der Waals surface area contributed by atoms with Crippen LogP contribution in [0.4, 0.5) is 18.9 Å². The minimum absolute atomic E-state index is 0.137. The summed E-state index contributed by atoms with van der Waals surface area (Å²) < 4.78 is 44.4. The lowest BCUT2D eigenvalue weighted by Gasteiger charge is -2.14. The molecule has 0 bridgehead atoms. The number of carbonyl (C=O) groups is 3. The van der Waals surface area contributed by atoms with Gasteiger partial charge in [0.2, 0.25) is 5.91 Å². The van der Waals surface area contributed by atoms with Crippen molar-refractivity contribution in [2.24, 2.45) is 0 Å². The van der Waals surface area contributed by atoms with Crippen molar-refractivity contribution in [2.75, 3.05) is 11.9 Å². The van der Waals surface area contributed by atoms with Crippen LogP contribution in [0.1, 0.15) is 22.8 Å². The van der Waals surface area contributed by atoms with Gasteiger partial charge in [-0.15, -0.1) is 0 Å². The Labute approximate surface area is 163 Å². The van der Waals surface area contributed by atoms with Gasteiger partial charge in [-0.1, -0.05) is 6.07 Å². The van der Waals surface area contributed by atoms with Crippen molar-refractivity contribution in [1.29, 1.82) is 0 Å². The van der Waals surface area contributed by atoms with Gasteiger partial charge in [0.15, 0.2) is 23.6 Å². The molecule has 2 amide bonds. The monoisotopic (exact) mass is 410 g/mol. The molecule has 0 aliphatic carbocycles. The Morgan fingerprint density at radius 1 is 1.10 bits per heavy atom. The van der Waals surface area contributed by atoms with Crippen LogP contribution in [0.2, 0.25) is 0 Å². The number of aryl methyl sites for hydroxylation is 1. The van der Waals surface area contributed by atoms with Crippen LogP contribution in [0.15, 0.2) is 30.3 Å². The number of benzene rings is 2. The van der Waals surface area contributed by atoms with Crippen LogP contribution >= 0.6 is 0 Å². The number of carbonyl (C=O) groups excluding carboxylic acids is 3. The van der Waals surface area contributed by atoms with Crippen molar-refractivity contribution < 1.29 is 37.4 Å². The van der Waals surface area contributed by atoms with E-state index in [0.29, 0.717) is 11.6 Å². The highest BCUT2D eigenvalue weighted by Crippen LogP contribution is 2.20. The smallest absolute Gasteiger partial charge is 0.342 e. The summed E-state index contributed by atoms with van der Waals surface area (Å²) in [5.74, 6) is -7.75. The molecule has 2 rings (SSSR count). The van der Waals surface area contributed by atoms with Gasteiger partial charge in [0.05, 0.1) is 12.2 Å². The molecule has 29 heavy (non-hydrogen) atoms. The molecule has 0 heterocycles. The molecule has 10 heteroatoms. The number of halogens is 3. The maximum atomic E-state index is 13.5. The highest BCUT2D eigenvalue weighted by Gasteiger charge is 2.22. The second kappa shape index (κ2) is 9.09. The summed E-state index contributed by atoms with van der Waals surface area (Å²) in [6, 6.07) is 5.72. The minimum atomic E-state index is -1.74. The standard InChI is InChI=1S/C19H17F3N2O5/c1-9-3-4-11(14(25)7-9)19(28)29-10(2)18(27)23-8-15(26)24-13-6-5-12(20)16(21)17(13)22/h3-7,10,25H,8H2,1-2H3,(H,23,27)(H,24,26). The van der Waals surface area contributed by atoms with Crippen molar-refractivity contribution >= 4 is 23.5 Å². The molecule has 0 aliphatic rings. The van der Waals surface area contributed by atoms with Gasteiger partial charge in [0.25, 0.3) is 5.91 Å². The maximum Gasteiger partial charge on any atom is 0.342 e. The van der Waals surface area contributed by atoms with Gasteiger partial charge in [-0.05, 0) is 43.7 Å². The third-order valence-corrected chi connectivity index (χ3v) is 3.76. The van der Waals surface area contributed by atoms with Gasteiger partial charge in [0, 0.05) is 0 Å². The first-order valence-corrected chi connectivity index (χ1v) is 8.31. The number of ether oxygens (including phenoxy) is 1. The van der Waals surface area contributed by atoms with E-state index >= 15 is 0 Å². The summed E-state index contributed by atoms with van der Waals surface area (Å²) in [6.45, 7) is 2.31.